The van der Waals surface area contributed by atoms with Gasteiger partial charge >= 0.3 is 0 Å². The van der Waals surface area contributed by atoms with Gasteiger partial charge in [-0.3, -0.25) is 0 Å². The number of para-hydroxylation sites is 2. The molecule has 70 heavy (non-hydrogen) atoms. The lowest BCUT2D eigenvalue weighted by atomic mass is 9.67. The van der Waals surface area contributed by atoms with Gasteiger partial charge in [0.2, 0.25) is 0 Å². The van der Waals surface area contributed by atoms with Crippen molar-refractivity contribution in [2.45, 2.75) is 5.41 Å². The van der Waals surface area contributed by atoms with E-state index in [4.69, 9.17) is 0 Å². The zero-order chi connectivity index (χ0) is 46.2. The maximum atomic E-state index is 2.46. The molecule has 2 nitrogen and oxygen atoms in total. The Labute approximate surface area is 411 Å². The summed E-state index contributed by atoms with van der Waals surface area (Å²) in [4.78, 5) is 2.43. The molecular weight excluding hydrogens is 865 g/mol. The summed E-state index contributed by atoms with van der Waals surface area (Å²) in [6.45, 7) is 0. The van der Waals surface area contributed by atoms with Gasteiger partial charge in [-0.05, 0) is 116 Å². The topological polar surface area (TPSA) is 8.17 Å². The Morgan fingerprint density at radius 2 is 0.857 bits per heavy atom. The molecule has 3 heteroatoms. The van der Waals surface area contributed by atoms with Crippen molar-refractivity contribution in [3.05, 3.63) is 289 Å². The van der Waals surface area contributed by atoms with Gasteiger partial charge in [-0.1, -0.05) is 206 Å². The van der Waals surface area contributed by atoms with Crippen molar-refractivity contribution < 1.29 is 0 Å². The second kappa shape index (κ2) is 16.2. The molecule has 2 heterocycles. The second-order valence-corrected chi connectivity index (χ2v) is 19.4. The summed E-state index contributed by atoms with van der Waals surface area (Å²) in [6.07, 6.45) is 0. The third-order valence-corrected chi connectivity index (χ3v) is 16.0. The monoisotopic (exact) mass is 908 g/mol. The van der Waals surface area contributed by atoms with Crippen LogP contribution in [0.25, 0.3) is 81.0 Å². The van der Waals surface area contributed by atoms with Gasteiger partial charge < -0.3 is 9.47 Å². The Balaban J connectivity index is 0.933. The van der Waals surface area contributed by atoms with Gasteiger partial charge in [0.1, 0.15) is 0 Å². The lowest BCUT2D eigenvalue weighted by molar-refractivity contribution is 0.768. The molecular formula is C67H44N2S. The van der Waals surface area contributed by atoms with Crippen LogP contribution < -0.4 is 4.90 Å². The van der Waals surface area contributed by atoms with Crippen molar-refractivity contribution in [1.82, 2.24) is 4.57 Å². The Kier molecular flexibility index (Phi) is 9.33. The van der Waals surface area contributed by atoms with E-state index in [-0.39, 0.29) is 0 Å². The molecule has 11 aromatic carbocycles. The summed E-state index contributed by atoms with van der Waals surface area (Å²) >= 11 is 1.92. The molecule has 0 bridgehead atoms. The highest BCUT2D eigenvalue weighted by atomic mass is 32.1. The normalized spacial score (nSPS) is 12.7. The summed E-state index contributed by atoms with van der Waals surface area (Å²) < 4.78 is 5.05. The Bertz CT molecular complexity index is 4040. The van der Waals surface area contributed by atoms with Crippen LogP contribution in [-0.2, 0) is 5.41 Å². The van der Waals surface area contributed by atoms with E-state index in [9.17, 15) is 0 Å². The number of anilines is 3. The van der Waals surface area contributed by atoms with Crippen molar-refractivity contribution in [2.75, 3.05) is 4.90 Å². The lowest BCUT2D eigenvalue weighted by Crippen LogP contribution is -2.28. The van der Waals surface area contributed by atoms with E-state index in [1.165, 1.54) is 103 Å². The van der Waals surface area contributed by atoms with E-state index in [0.717, 1.165) is 17.1 Å². The van der Waals surface area contributed by atoms with Crippen LogP contribution >= 0.6 is 11.3 Å². The smallest absolute Gasteiger partial charge is 0.0714 e. The highest BCUT2D eigenvalue weighted by Crippen LogP contribution is 2.57. The Morgan fingerprint density at radius 3 is 1.57 bits per heavy atom. The molecule has 0 unspecified atom stereocenters. The second-order valence-electron chi connectivity index (χ2n) is 18.4. The molecule has 0 radical (unpaired) electrons. The Morgan fingerprint density at radius 1 is 0.329 bits per heavy atom. The van der Waals surface area contributed by atoms with Gasteiger partial charge in [0, 0.05) is 53.7 Å². The lowest BCUT2D eigenvalue weighted by Gasteiger charge is -2.35. The summed E-state index contributed by atoms with van der Waals surface area (Å²) in [6, 6.07) is 98.3. The van der Waals surface area contributed by atoms with Crippen LogP contribution in [-0.4, -0.2) is 4.57 Å². The number of rotatable bonds is 8. The standard InChI is InChI=1S/C67H44N2S/c1-5-18-45(19-6-1)46-32-36-51(37-33-46)68(53-40-41-56-55-26-13-15-30-60(55)67(61(56)44-53,48-20-7-2-8-21-48)49-22-9-3-10-23-49)52-38-34-47(35-39-52)54-28-17-29-57-58-42-43-63-64(66(58)70-65(54)57)59-27-14-16-31-62(59)69(63)50-24-11-4-12-25-50/h1-44H. The molecule has 14 rings (SSSR count). The maximum Gasteiger partial charge on any atom is 0.0714 e. The van der Waals surface area contributed by atoms with Crippen molar-refractivity contribution in [2.24, 2.45) is 0 Å². The molecule has 0 saturated heterocycles. The molecule has 0 fully saturated rings. The maximum absolute atomic E-state index is 2.46. The van der Waals surface area contributed by atoms with Crippen LogP contribution in [0, 0.1) is 0 Å². The largest absolute Gasteiger partial charge is 0.310 e. The van der Waals surface area contributed by atoms with Crippen molar-refractivity contribution in [1.29, 1.82) is 0 Å². The molecule has 1 aliphatic carbocycles. The van der Waals surface area contributed by atoms with E-state index in [1.807, 2.05) is 11.3 Å². The fraction of sp³-hybridized carbons (Fsp3) is 0.0149. The summed E-state index contributed by atoms with van der Waals surface area (Å²) in [5, 5.41) is 5.18. The minimum absolute atomic E-state index is 0.512. The zero-order valence-electron chi connectivity index (χ0n) is 38.2. The van der Waals surface area contributed by atoms with E-state index in [1.54, 1.807) is 0 Å². The van der Waals surface area contributed by atoms with Crippen LogP contribution in [0.4, 0.5) is 17.1 Å². The van der Waals surface area contributed by atoms with E-state index >= 15 is 0 Å². The molecule has 0 aliphatic heterocycles. The van der Waals surface area contributed by atoms with Gasteiger partial charge in [0.15, 0.2) is 0 Å². The molecule has 0 N–H and O–H groups in total. The van der Waals surface area contributed by atoms with Crippen LogP contribution in [0.2, 0.25) is 0 Å². The molecule has 2 aromatic heterocycles. The van der Waals surface area contributed by atoms with Gasteiger partial charge in [-0.25, -0.2) is 0 Å². The molecule has 0 atom stereocenters. The van der Waals surface area contributed by atoms with Crippen LogP contribution in [0.1, 0.15) is 22.3 Å². The predicted molar refractivity (Wildman–Crippen MR) is 297 cm³/mol. The minimum atomic E-state index is -0.512. The van der Waals surface area contributed by atoms with E-state index in [2.05, 4.69) is 276 Å². The molecule has 1 aliphatic rings. The SMILES string of the molecule is c1ccc(-c2ccc(N(c3ccc(-c4cccc5c4sc4c5ccc5c4c4ccccc4n5-c4ccccc4)cc3)c3ccc4c(c3)C(c3ccccc3)(c3ccccc3)c3ccccc3-4)cc2)cc1. The fourth-order valence-corrected chi connectivity index (χ4v) is 13.0. The van der Waals surface area contributed by atoms with Crippen molar-refractivity contribution in [3.63, 3.8) is 0 Å². The first kappa shape index (κ1) is 40.3. The van der Waals surface area contributed by atoms with Crippen molar-refractivity contribution in [3.8, 4) is 39.1 Å². The zero-order valence-corrected chi connectivity index (χ0v) is 39.0. The predicted octanol–water partition coefficient (Wildman–Crippen LogP) is 18.3. The average Bonchev–Trinajstić information content (AvgIpc) is 4.09. The molecule has 13 aromatic rings. The first-order valence-electron chi connectivity index (χ1n) is 24.1. The molecule has 0 saturated carbocycles. The van der Waals surface area contributed by atoms with E-state index in [0.29, 0.717) is 0 Å². The van der Waals surface area contributed by atoms with Crippen LogP contribution in [0.5, 0.6) is 0 Å². The number of hydrogen-bond acceptors (Lipinski definition) is 2. The van der Waals surface area contributed by atoms with E-state index < -0.39 is 5.41 Å². The van der Waals surface area contributed by atoms with Gasteiger partial charge in [-0.15, -0.1) is 11.3 Å². The third kappa shape index (κ3) is 6.12. The van der Waals surface area contributed by atoms with Crippen LogP contribution in [0.3, 0.4) is 0 Å². The fourth-order valence-electron chi connectivity index (χ4n) is 11.6. The van der Waals surface area contributed by atoms with Gasteiger partial charge in [0.25, 0.3) is 0 Å². The number of benzene rings is 11. The number of nitrogens with zero attached hydrogens (tertiary/aromatic N) is 2. The van der Waals surface area contributed by atoms with Crippen LogP contribution in [0.15, 0.2) is 267 Å². The third-order valence-electron chi connectivity index (χ3n) is 14.7. The molecule has 328 valence electrons. The first-order valence-corrected chi connectivity index (χ1v) is 24.9. The minimum Gasteiger partial charge on any atom is -0.310 e. The van der Waals surface area contributed by atoms with Gasteiger partial charge in [-0.2, -0.15) is 0 Å². The summed E-state index contributed by atoms with van der Waals surface area (Å²) in [5.41, 5.74) is 18.9. The summed E-state index contributed by atoms with van der Waals surface area (Å²) in [5.74, 6) is 0. The van der Waals surface area contributed by atoms with Crippen molar-refractivity contribution >= 4 is 70.4 Å². The molecule has 0 spiro atoms. The first-order chi connectivity index (χ1) is 34.7. The number of hydrogen-bond donors (Lipinski definition) is 0. The summed E-state index contributed by atoms with van der Waals surface area (Å²) in [7, 11) is 0. The number of aromatic nitrogens is 1. The Hall–Kier alpha value is -8.76. The highest BCUT2D eigenvalue weighted by Gasteiger charge is 2.46. The number of thiophene rings is 1. The number of fused-ring (bicyclic) bond motifs is 10. The average molecular weight is 909 g/mol. The highest BCUT2D eigenvalue weighted by molar-refractivity contribution is 7.27. The van der Waals surface area contributed by atoms with Gasteiger partial charge in [0.05, 0.1) is 16.4 Å². The quantitative estimate of drug-likeness (QED) is 0.147. The molecule has 0 amide bonds.